The number of carbonyl (C=O) groups excluding carboxylic acids is 2. The Balaban J connectivity index is 1.47. The van der Waals surface area contributed by atoms with Crippen molar-refractivity contribution in [3.63, 3.8) is 0 Å². The van der Waals surface area contributed by atoms with Gasteiger partial charge in [-0.05, 0) is 31.9 Å². The first-order valence-corrected chi connectivity index (χ1v) is 9.47. The lowest BCUT2D eigenvalue weighted by Gasteiger charge is -2.37. The molecule has 0 spiro atoms. The molecule has 2 atom stereocenters. The summed E-state index contributed by atoms with van der Waals surface area (Å²) in [6.07, 6.45) is 2.12. The Labute approximate surface area is 164 Å². The molecule has 3 heterocycles. The van der Waals surface area contributed by atoms with E-state index in [1.165, 1.54) is 0 Å². The number of aromatic nitrogens is 1. The van der Waals surface area contributed by atoms with Crippen LogP contribution >= 0.6 is 0 Å². The summed E-state index contributed by atoms with van der Waals surface area (Å²) >= 11 is 0. The van der Waals surface area contributed by atoms with E-state index in [0.29, 0.717) is 18.5 Å². The van der Waals surface area contributed by atoms with Crippen LogP contribution in [0.5, 0.6) is 0 Å². The zero-order valence-electron chi connectivity index (χ0n) is 15.9. The predicted octanol–water partition coefficient (Wildman–Crippen LogP) is 1.02. The van der Waals surface area contributed by atoms with Gasteiger partial charge in [0.2, 0.25) is 0 Å². The largest absolute Gasteiger partial charge is 0.444 e. The second-order valence-corrected chi connectivity index (χ2v) is 7.12. The van der Waals surface area contributed by atoms with Crippen LogP contribution in [-0.2, 0) is 14.3 Å². The van der Waals surface area contributed by atoms with E-state index < -0.39 is 18.3 Å². The number of hydrogen-bond donors (Lipinski definition) is 1. The lowest BCUT2D eigenvalue weighted by Crippen LogP contribution is -2.47. The maximum absolute atomic E-state index is 12.7. The Hall–Kier alpha value is -2.86. The number of anilines is 1. The molecule has 0 bridgehead atoms. The number of likely N-dealkylation sites (tertiary alicyclic amines) is 1. The number of rotatable bonds is 6. The first-order valence-electron chi connectivity index (χ1n) is 9.47. The lowest BCUT2D eigenvalue weighted by molar-refractivity contribution is -0.140. The molecule has 0 aromatic carbocycles. The van der Waals surface area contributed by atoms with E-state index in [0.717, 1.165) is 31.7 Å². The highest BCUT2D eigenvalue weighted by atomic mass is 16.6. The summed E-state index contributed by atoms with van der Waals surface area (Å²) in [4.78, 5) is 31.8. The van der Waals surface area contributed by atoms with Crippen LogP contribution in [0.3, 0.4) is 0 Å². The zero-order chi connectivity index (χ0) is 20.1. The van der Waals surface area contributed by atoms with Gasteiger partial charge in [-0.25, -0.2) is 9.78 Å². The number of nitrogens with zero attached hydrogens (tertiary/aromatic N) is 4. The van der Waals surface area contributed by atoms with Gasteiger partial charge in [-0.2, -0.15) is 5.26 Å². The number of nitrogens with two attached hydrogens (primary N) is 1. The average molecular weight is 387 g/mol. The van der Waals surface area contributed by atoms with Crippen molar-refractivity contribution in [2.45, 2.75) is 44.4 Å². The van der Waals surface area contributed by atoms with E-state index >= 15 is 0 Å². The van der Waals surface area contributed by atoms with E-state index in [4.69, 9.17) is 20.5 Å². The van der Waals surface area contributed by atoms with Crippen molar-refractivity contribution in [2.24, 2.45) is 5.73 Å². The summed E-state index contributed by atoms with van der Waals surface area (Å²) in [5, 5.41) is 8.87. The van der Waals surface area contributed by atoms with E-state index in [-0.39, 0.29) is 18.6 Å². The molecule has 2 unspecified atom stereocenters. The highest BCUT2D eigenvalue weighted by molar-refractivity contribution is 5.83. The fourth-order valence-corrected chi connectivity index (χ4v) is 3.72. The fourth-order valence-electron chi connectivity index (χ4n) is 3.72. The first-order chi connectivity index (χ1) is 13.5. The maximum atomic E-state index is 12.7. The maximum Gasteiger partial charge on any atom is 0.404 e. The molecule has 150 valence electrons. The van der Waals surface area contributed by atoms with Gasteiger partial charge in [0.15, 0.2) is 0 Å². The first kappa shape index (κ1) is 19.9. The van der Waals surface area contributed by atoms with Crippen molar-refractivity contribution in [3.8, 4) is 6.07 Å². The molecule has 2 N–H and O–H groups in total. The van der Waals surface area contributed by atoms with Crippen LogP contribution in [0.4, 0.5) is 10.6 Å². The van der Waals surface area contributed by atoms with Crippen LogP contribution < -0.4 is 10.6 Å². The molecule has 1 aromatic heterocycles. The average Bonchev–Trinajstić information content (AvgIpc) is 3.06. The fraction of sp³-hybridized carbons (Fsp3) is 0.579. The van der Waals surface area contributed by atoms with Gasteiger partial charge in [0, 0.05) is 38.3 Å². The van der Waals surface area contributed by atoms with Gasteiger partial charge in [0.1, 0.15) is 24.1 Å². The molecule has 2 fully saturated rings. The van der Waals surface area contributed by atoms with Crippen LogP contribution in [0.1, 0.15) is 31.7 Å². The number of carbonyl (C=O) groups is 2. The third-order valence-electron chi connectivity index (χ3n) is 5.15. The molecule has 2 aliphatic rings. The monoisotopic (exact) mass is 387 g/mol. The number of amides is 2. The molecule has 3 rings (SSSR count). The summed E-state index contributed by atoms with van der Waals surface area (Å²) in [5.41, 5.74) is 5.52. The Morgan fingerprint density at radius 3 is 2.71 bits per heavy atom. The standard InChI is InChI=1S/C19H25N5O4/c1-13(28-19(21)26)12-27-16-6-9-24(18(16)25)15-4-7-23(8-5-15)17-3-2-14(10-20)11-22-17/h2-3,11,13,15-16H,4-9,12H2,1H3,(H2,21,26). The van der Waals surface area contributed by atoms with Crippen LogP contribution in [-0.4, -0.2) is 66.4 Å². The summed E-state index contributed by atoms with van der Waals surface area (Å²) in [7, 11) is 0. The summed E-state index contributed by atoms with van der Waals surface area (Å²) in [6.45, 7) is 4.11. The van der Waals surface area contributed by atoms with Gasteiger partial charge in [-0.15, -0.1) is 0 Å². The van der Waals surface area contributed by atoms with Gasteiger partial charge in [-0.1, -0.05) is 0 Å². The molecule has 9 nitrogen and oxygen atoms in total. The van der Waals surface area contributed by atoms with E-state index in [2.05, 4.69) is 16.0 Å². The minimum Gasteiger partial charge on any atom is -0.444 e. The highest BCUT2D eigenvalue weighted by Crippen LogP contribution is 2.26. The third-order valence-corrected chi connectivity index (χ3v) is 5.15. The normalized spacial score (nSPS) is 21.4. The Morgan fingerprint density at radius 2 is 2.11 bits per heavy atom. The quantitative estimate of drug-likeness (QED) is 0.773. The number of primary amides is 1. The van der Waals surface area contributed by atoms with Crippen LogP contribution in [0.15, 0.2) is 18.3 Å². The van der Waals surface area contributed by atoms with Crippen molar-refractivity contribution in [1.82, 2.24) is 9.88 Å². The topological polar surface area (TPSA) is 122 Å². The van der Waals surface area contributed by atoms with E-state index in [1.807, 2.05) is 11.0 Å². The number of pyridine rings is 1. The van der Waals surface area contributed by atoms with E-state index in [1.54, 1.807) is 19.2 Å². The minimum atomic E-state index is -0.848. The van der Waals surface area contributed by atoms with Crippen molar-refractivity contribution < 1.29 is 19.1 Å². The number of hydrogen-bond acceptors (Lipinski definition) is 7. The van der Waals surface area contributed by atoms with Gasteiger partial charge >= 0.3 is 6.09 Å². The second kappa shape index (κ2) is 8.89. The lowest BCUT2D eigenvalue weighted by atomic mass is 10.0. The minimum absolute atomic E-state index is 0.00113. The van der Waals surface area contributed by atoms with E-state index in [9.17, 15) is 9.59 Å². The summed E-state index contributed by atoms with van der Waals surface area (Å²) in [5.74, 6) is 0.857. The molecular weight excluding hydrogens is 362 g/mol. The smallest absolute Gasteiger partial charge is 0.404 e. The summed E-state index contributed by atoms with van der Waals surface area (Å²) in [6, 6.07) is 5.89. The van der Waals surface area contributed by atoms with Crippen molar-refractivity contribution in [2.75, 3.05) is 31.1 Å². The van der Waals surface area contributed by atoms with Crippen molar-refractivity contribution in [1.29, 1.82) is 5.26 Å². The van der Waals surface area contributed by atoms with Gasteiger partial charge in [-0.3, -0.25) is 4.79 Å². The van der Waals surface area contributed by atoms with Crippen LogP contribution in [0.2, 0.25) is 0 Å². The molecule has 2 saturated heterocycles. The molecule has 0 radical (unpaired) electrons. The Bertz CT molecular complexity index is 740. The molecule has 2 aliphatic heterocycles. The Kier molecular flexibility index (Phi) is 6.31. The van der Waals surface area contributed by atoms with Crippen LogP contribution in [0, 0.1) is 11.3 Å². The van der Waals surface area contributed by atoms with Crippen molar-refractivity contribution >= 4 is 17.8 Å². The van der Waals surface area contributed by atoms with Crippen molar-refractivity contribution in [3.05, 3.63) is 23.9 Å². The molecular formula is C19H25N5O4. The molecule has 0 saturated carbocycles. The van der Waals surface area contributed by atoms with Crippen LogP contribution in [0.25, 0.3) is 0 Å². The number of nitriles is 1. The molecule has 9 heteroatoms. The zero-order valence-corrected chi connectivity index (χ0v) is 15.9. The number of piperidine rings is 1. The van der Waals surface area contributed by atoms with Gasteiger partial charge < -0.3 is 25.0 Å². The highest BCUT2D eigenvalue weighted by Gasteiger charge is 2.38. The SMILES string of the molecule is CC(COC1CCN(C2CCN(c3ccc(C#N)cn3)CC2)C1=O)OC(N)=O. The number of ether oxygens (including phenoxy) is 2. The summed E-state index contributed by atoms with van der Waals surface area (Å²) < 4.78 is 10.5. The Morgan fingerprint density at radius 1 is 1.36 bits per heavy atom. The molecule has 1 aromatic rings. The second-order valence-electron chi connectivity index (χ2n) is 7.12. The molecule has 0 aliphatic carbocycles. The predicted molar refractivity (Wildman–Crippen MR) is 100 cm³/mol. The molecule has 28 heavy (non-hydrogen) atoms. The van der Waals surface area contributed by atoms with Gasteiger partial charge in [0.25, 0.3) is 5.91 Å². The molecule has 2 amide bonds. The van der Waals surface area contributed by atoms with Gasteiger partial charge in [0.05, 0.1) is 12.2 Å². The third kappa shape index (κ3) is 4.70.